The Balaban J connectivity index is 2.09. The maximum atomic E-state index is 12.7. The number of para-hydroxylation sites is 1. The molecule has 126 valence electrons. The number of benzene rings is 1. The first-order valence-electron chi connectivity index (χ1n) is 7.75. The van der Waals surface area contributed by atoms with E-state index in [2.05, 4.69) is 16.2 Å². The summed E-state index contributed by atoms with van der Waals surface area (Å²) in [5.41, 5.74) is 2.15. The Labute approximate surface area is 149 Å². The number of amides is 1. The van der Waals surface area contributed by atoms with E-state index in [4.69, 9.17) is 6.42 Å². The van der Waals surface area contributed by atoms with Crippen LogP contribution in [0.25, 0.3) is 10.2 Å². The molecular formula is C19H17N3O2S. The van der Waals surface area contributed by atoms with Gasteiger partial charge in [0.15, 0.2) is 0 Å². The second-order valence-electron chi connectivity index (χ2n) is 5.76. The summed E-state index contributed by atoms with van der Waals surface area (Å²) in [5.74, 6) is 2.77. The van der Waals surface area contributed by atoms with Gasteiger partial charge in [0.25, 0.3) is 11.5 Å². The van der Waals surface area contributed by atoms with Crippen LogP contribution in [0.4, 0.5) is 5.69 Å². The van der Waals surface area contributed by atoms with Gasteiger partial charge in [-0.05, 0) is 38.0 Å². The van der Waals surface area contributed by atoms with Crippen molar-refractivity contribution in [2.24, 2.45) is 0 Å². The highest BCUT2D eigenvalue weighted by molar-refractivity contribution is 7.20. The highest BCUT2D eigenvalue weighted by Gasteiger charge is 2.20. The van der Waals surface area contributed by atoms with E-state index in [-0.39, 0.29) is 18.0 Å². The number of aromatic nitrogens is 2. The topological polar surface area (TPSA) is 64.0 Å². The quantitative estimate of drug-likeness (QED) is 0.737. The van der Waals surface area contributed by atoms with Crippen LogP contribution in [0.3, 0.4) is 0 Å². The van der Waals surface area contributed by atoms with Gasteiger partial charge in [0.05, 0.1) is 16.8 Å². The average molecular weight is 351 g/mol. The first-order chi connectivity index (χ1) is 11.9. The second-order valence-corrected chi connectivity index (χ2v) is 6.76. The summed E-state index contributed by atoms with van der Waals surface area (Å²) in [7, 11) is 0. The molecule has 2 aromatic heterocycles. The van der Waals surface area contributed by atoms with E-state index in [1.807, 2.05) is 31.2 Å². The Bertz CT molecular complexity index is 1090. The fourth-order valence-electron chi connectivity index (χ4n) is 2.70. The Kier molecular flexibility index (Phi) is 4.43. The van der Waals surface area contributed by atoms with Gasteiger partial charge in [0.1, 0.15) is 10.7 Å². The zero-order chi connectivity index (χ0) is 18.1. The molecule has 0 radical (unpaired) electrons. The van der Waals surface area contributed by atoms with Crippen LogP contribution in [0.5, 0.6) is 0 Å². The molecule has 1 amide bonds. The van der Waals surface area contributed by atoms with Crippen molar-refractivity contribution in [2.45, 2.75) is 27.3 Å². The summed E-state index contributed by atoms with van der Waals surface area (Å²) in [4.78, 5) is 30.9. The number of aryl methyl sites for hydroxylation is 3. The summed E-state index contributed by atoms with van der Waals surface area (Å²) in [5, 5.41) is 3.36. The van der Waals surface area contributed by atoms with Gasteiger partial charge in [-0.3, -0.25) is 14.2 Å². The summed E-state index contributed by atoms with van der Waals surface area (Å²) < 4.78 is 1.45. The third-order valence-corrected chi connectivity index (χ3v) is 5.27. The molecule has 0 aliphatic carbocycles. The molecule has 0 bridgehead atoms. The first kappa shape index (κ1) is 16.9. The Hall–Kier alpha value is -2.91. The minimum Gasteiger partial charge on any atom is -0.321 e. The first-order valence-corrected chi connectivity index (χ1v) is 8.56. The van der Waals surface area contributed by atoms with Crippen LogP contribution in [0, 0.1) is 33.1 Å². The van der Waals surface area contributed by atoms with Gasteiger partial charge in [-0.15, -0.1) is 17.8 Å². The van der Waals surface area contributed by atoms with Crippen molar-refractivity contribution >= 4 is 33.1 Å². The maximum Gasteiger partial charge on any atom is 0.266 e. The number of nitrogens with one attached hydrogen (secondary N) is 1. The molecule has 0 fully saturated rings. The predicted octanol–water partition coefficient (Wildman–Crippen LogP) is 3.27. The minimum atomic E-state index is -0.240. The van der Waals surface area contributed by atoms with Crippen LogP contribution >= 0.6 is 11.3 Å². The van der Waals surface area contributed by atoms with Crippen LogP contribution in [-0.4, -0.2) is 15.5 Å². The summed E-state index contributed by atoms with van der Waals surface area (Å²) >= 11 is 1.22. The molecule has 0 aliphatic heterocycles. The zero-order valence-electron chi connectivity index (χ0n) is 14.2. The number of rotatable bonds is 3. The normalized spacial score (nSPS) is 10.6. The summed E-state index contributed by atoms with van der Waals surface area (Å²) in [6, 6.07) is 7.55. The van der Waals surface area contributed by atoms with Crippen molar-refractivity contribution in [2.75, 3.05) is 5.32 Å². The third kappa shape index (κ3) is 2.94. The van der Waals surface area contributed by atoms with Crippen molar-refractivity contribution in [1.82, 2.24) is 9.55 Å². The van der Waals surface area contributed by atoms with Gasteiger partial charge >= 0.3 is 0 Å². The molecule has 0 saturated heterocycles. The number of carbonyl (C=O) groups excluding carboxylic acids is 1. The van der Waals surface area contributed by atoms with Gasteiger partial charge in [-0.25, -0.2) is 4.98 Å². The monoisotopic (exact) mass is 351 g/mol. The molecule has 3 rings (SSSR count). The number of carbonyl (C=O) groups is 1. The van der Waals surface area contributed by atoms with Crippen molar-refractivity contribution < 1.29 is 4.79 Å². The van der Waals surface area contributed by atoms with E-state index in [0.29, 0.717) is 26.5 Å². The van der Waals surface area contributed by atoms with Crippen LogP contribution in [0.15, 0.2) is 29.1 Å². The van der Waals surface area contributed by atoms with Crippen molar-refractivity contribution in [3.05, 3.63) is 56.4 Å². The van der Waals surface area contributed by atoms with Gasteiger partial charge in [0, 0.05) is 5.69 Å². The van der Waals surface area contributed by atoms with E-state index in [1.165, 1.54) is 15.9 Å². The molecule has 1 aromatic carbocycles. The molecule has 5 nitrogen and oxygen atoms in total. The van der Waals surface area contributed by atoms with E-state index in [9.17, 15) is 9.59 Å². The van der Waals surface area contributed by atoms with Gasteiger partial charge < -0.3 is 5.32 Å². The molecule has 1 N–H and O–H groups in total. The molecule has 3 aromatic rings. The van der Waals surface area contributed by atoms with Crippen LogP contribution in [-0.2, 0) is 6.54 Å². The van der Waals surface area contributed by atoms with Crippen LogP contribution in [0.1, 0.15) is 26.6 Å². The molecule has 0 atom stereocenters. The maximum absolute atomic E-state index is 12.7. The predicted molar refractivity (Wildman–Crippen MR) is 101 cm³/mol. The lowest BCUT2D eigenvalue weighted by atomic mass is 10.1. The Morgan fingerprint density at radius 2 is 2.04 bits per heavy atom. The number of hydrogen-bond donors (Lipinski definition) is 1. The molecule has 2 heterocycles. The van der Waals surface area contributed by atoms with Crippen molar-refractivity contribution in [3.63, 3.8) is 0 Å². The lowest BCUT2D eigenvalue weighted by molar-refractivity contribution is 0.103. The summed E-state index contributed by atoms with van der Waals surface area (Å²) in [6.45, 7) is 5.59. The van der Waals surface area contributed by atoms with E-state index in [0.717, 1.165) is 11.3 Å². The number of terminal acetylenes is 1. The highest BCUT2D eigenvalue weighted by Crippen LogP contribution is 2.28. The molecule has 0 saturated carbocycles. The number of fused-ring (bicyclic) bond motifs is 1. The lowest BCUT2D eigenvalue weighted by Gasteiger charge is -2.07. The van der Waals surface area contributed by atoms with Gasteiger partial charge in [0.2, 0.25) is 0 Å². The second kappa shape index (κ2) is 6.54. The number of hydrogen-bond acceptors (Lipinski definition) is 4. The third-order valence-electron chi connectivity index (χ3n) is 4.09. The number of nitrogens with zero attached hydrogens (tertiary/aromatic N) is 2. The van der Waals surface area contributed by atoms with E-state index < -0.39 is 0 Å². The van der Waals surface area contributed by atoms with Gasteiger partial charge in [-0.2, -0.15) is 0 Å². The van der Waals surface area contributed by atoms with Gasteiger partial charge in [-0.1, -0.05) is 24.1 Å². The number of anilines is 1. The molecular weight excluding hydrogens is 334 g/mol. The molecule has 0 spiro atoms. The zero-order valence-corrected chi connectivity index (χ0v) is 15.0. The molecule has 6 heteroatoms. The van der Waals surface area contributed by atoms with Crippen LogP contribution in [0.2, 0.25) is 0 Å². The average Bonchev–Trinajstić information content (AvgIpc) is 2.90. The fourth-order valence-corrected chi connectivity index (χ4v) is 3.82. The molecule has 25 heavy (non-hydrogen) atoms. The number of thiophene rings is 1. The van der Waals surface area contributed by atoms with Crippen LogP contribution < -0.4 is 10.9 Å². The van der Waals surface area contributed by atoms with E-state index in [1.54, 1.807) is 13.8 Å². The lowest BCUT2D eigenvalue weighted by Crippen LogP contribution is -2.23. The molecule has 0 unspecified atom stereocenters. The Morgan fingerprint density at radius 3 is 2.72 bits per heavy atom. The minimum absolute atomic E-state index is 0.160. The van der Waals surface area contributed by atoms with Crippen molar-refractivity contribution in [3.8, 4) is 12.3 Å². The molecule has 0 aliphatic rings. The van der Waals surface area contributed by atoms with E-state index >= 15 is 0 Å². The Morgan fingerprint density at radius 1 is 1.32 bits per heavy atom. The van der Waals surface area contributed by atoms with Crippen molar-refractivity contribution in [1.29, 1.82) is 0 Å². The SMILES string of the molecule is C#CCn1c(C)nc2sc(C(=O)Nc3ccccc3C)c(C)c2c1=O. The largest absolute Gasteiger partial charge is 0.321 e. The summed E-state index contributed by atoms with van der Waals surface area (Å²) in [6.07, 6.45) is 5.33. The fraction of sp³-hybridized carbons (Fsp3) is 0.211. The standard InChI is InChI=1S/C19H17N3O2S/c1-5-10-22-13(4)20-18-15(19(22)24)12(3)16(25-18)17(23)21-14-9-7-6-8-11(14)2/h1,6-9H,10H2,2-4H3,(H,21,23). The smallest absolute Gasteiger partial charge is 0.266 e. The highest BCUT2D eigenvalue weighted by atomic mass is 32.1.